The molecule has 0 aliphatic rings. The SMILES string of the molecule is CC.CC(C)c1cc(C(C)C)c(SNc2cc(C(F)(F)F)cc(C(F)(F)F)c2Br)c(C(C)C)c1. The third-order valence-corrected chi connectivity index (χ3v) is 6.90. The van der Waals surface area contributed by atoms with Crippen LogP contribution in [0.4, 0.5) is 32.0 Å². The van der Waals surface area contributed by atoms with Gasteiger partial charge in [-0.25, -0.2) is 0 Å². The molecule has 0 fully saturated rings. The number of hydrogen-bond donors (Lipinski definition) is 1. The highest BCUT2D eigenvalue weighted by molar-refractivity contribution is 9.10. The van der Waals surface area contributed by atoms with E-state index in [1.54, 1.807) is 0 Å². The monoisotopic (exact) mass is 571 g/mol. The van der Waals surface area contributed by atoms with E-state index >= 15 is 0 Å². The molecule has 0 spiro atoms. The van der Waals surface area contributed by atoms with Crippen LogP contribution in [-0.4, -0.2) is 0 Å². The van der Waals surface area contributed by atoms with Crippen molar-refractivity contribution in [1.29, 1.82) is 0 Å². The van der Waals surface area contributed by atoms with Gasteiger partial charge in [0.1, 0.15) is 0 Å². The number of anilines is 1. The molecule has 34 heavy (non-hydrogen) atoms. The Hall–Kier alpha value is -1.35. The summed E-state index contributed by atoms with van der Waals surface area (Å²) in [4.78, 5) is 0.817. The second-order valence-corrected chi connectivity index (χ2v) is 10.2. The predicted molar refractivity (Wildman–Crippen MR) is 134 cm³/mol. The van der Waals surface area contributed by atoms with Crippen molar-refractivity contribution in [2.45, 2.75) is 90.4 Å². The average molecular weight is 572 g/mol. The van der Waals surface area contributed by atoms with Crippen molar-refractivity contribution in [3.05, 3.63) is 56.6 Å². The molecule has 1 nitrogen and oxygen atoms in total. The van der Waals surface area contributed by atoms with E-state index in [0.29, 0.717) is 6.07 Å². The highest BCUT2D eigenvalue weighted by Gasteiger charge is 2.39. The molecule has 0 heterocycles. The quantitative estimate of drug-likeness (QED) is 0.273. The largest absolute Gasteiger partial charge is 0.417 e. The fourth-order valence-electron chi connectivity index (χ4n) is 3.18. The molecule has 0 amide bonds. The Balaban J connectivity index is 0.00000281. The predicted octanol–water partition coefficient (Wildman–Crippen LogP) is 11.0. The number of nitrogens with one attached hydrogen (secondary N) is 1. The molecule has 0 aliphatic carbocycles. The first-order valence-electron chi connectivity index (χ1n) is 11.1. The van der Waals surface area contributed by atoms with Crippen molar-refractivity contribution in [2.75, 3.05) is 4.72 Å². The molecule has 9 heteroatoms. The molecule has 0 aliphatic heterocycles. The molecular formula is C25H32BrF6NS. The van der Waals surface area contributed by atoms with Crippen LogP contribution in [0.2, 0.25) is 0 Å². The minimum absolute atomic E-state index is 0.117. The van der Waals surface area contributed by atoms with Gasteiger partial charge in [-0.15, -0.1) is 0 Å². The molecule has 0 bridgehead atoms. The molecule has 0 radical (unpaired) electrons. The minimum Gasteiger partial charge on any atom is -0.325 e. The third kappa shape index (κ3) is 7.57. The van der Waals surface area contributed by atoms with Gasteiger partial charge >= 0.3 is 12.4 Å². The summed E-state index contributed by atoms with van der Waals surface area (Å²) in [5.74, 6) is 0.515. The lowest BCUT2D eigenvalue weighted by Crippen LogP contribution is -2.13. The first-order valence-corrected chi connectivity index (χ1v) is 12.7. The van der Waals surface area contributed by atoms with Gasteiger partial charge in [-0.1, -0.05) is 67.5 Å². The van der Waals surface area contributed by atoms with E-state index in [-0.39, 0.29) is 29.5 Å². The molecule has 2 aromatic carbocycles. The van der Waals surface area contributed by atoms with Gasteiger partial charge in [-0.05, 0) is 74.5 Å². The van der Waals surface area contributed by atoms with Crippen molar-refractivity contribution >= 4 is 33.6 Å². The molecule has 0 unspecified atom stereocenters. The van der Waals surface area contributed by atoms with Crippen LogP contribution >= 0.6 is 27.9 Å². The van der Waals surface area contributed by atoms with Crippen LogP contribution in [0.1, 0.15) is 101 Å². The summed E-state index contributed by atoms with van der Waals surface area (Å²) in [6.07, 6.45) is -9.85. The van der Waals surface area contributed by atoms with Crippen molar-refractivity contribution in [3.8, 4) is 0 Å². The number of benzene rings is 2. The minimum atomic E-state index is -4.94. The highest BCUT2D eigenvalue weighted by atomic mass is 79.9. The molecular weight excluding hydrogens is 540 g/mol. The summed E-state index contributed by atoms with van der Waals surface area (Å²) < 4.78 is 82.3. The van der Waals surface area contributed by atoms with Crippen molar-refractivity contribution < 1.29 is 26.3 Å². The number of rotatable bonds is 6. The van der Waals surface area contributed by atoms with Gasteiger partial charge < -0.3 is 4.72 Å². The Bertz CT molecular complexity index is 936. The van der Waals surface area contributed by atoms with Crippen molar-refractivity contribution in [2.24, 2.45) is 0 Å². The van der Waals surface area contributed by atoms with E-state index in [4.69, 9.17) is 0 Å². The standard InChI is InChI=1S/C23H26BrF6NS.C2H6/c1-11(2)14-7-16(12(3)4)21(17(8-14)13(5)6)32-31-19-10-15(22(25,26)27)9-18(20(19)24)23(28,29)30;1-2/h7-13,31H,1-6H3;1-2H3. The van der Waals surface area contributed by atoms with Gasteiger partial charge in [-0.2, -0.15) is 26.3 Å². The molecule has 0 aromatic heterocycles. The van der Waals surface area contributed by atoms with Gasteiger partial charge in [-0.3, -0.25) is 0 Å². The molecule has 2 aromatic rings. The van der Waals surface area contributed by atoms with Gasteiger partial charge in [0.2, 0.25) is 0 Å². The molecule has 192 valence electrons. The maximum Gasteiger partial charge on any atom is 0.417 e. The van der Waals surface area contributed by atoms with E-state index in [1.165, 1.54) is 0 Å². The number of alkyl halides is 6. The Labute approximate surface area is 211 Å². The Morgan fingerprint density at radius 3 is 1.56 bits per heavy atom. The summed E-state index contributed by atoms with van der Waals surface area (Å²) in [5, 5.41) is 0. The van der Waals surface area contributed by atoms with E-state index in [0.717, 1.165) is 33.5 Å². The van der Waals surface area contributed by atoms with Crippen LogP contribution in [-0.2, 0) is 12.4 Å². The zero-order valence-electron chi connectivity index (χ0n) is 20.6. The van der Waals surface area contributed by atoms with Gasteiger partial charge in [0.15, 0.2) is 0 Å². The van der Waals surface area contributed by atoms with Crippen LogP contribution in [0.25, 0.3) is 0 Å². The maximum atomic E-state index is 13.4. The fourth-order valence-corrected chi connectivity index (χ4v) is 5.06. The molecule has 1 N–H and O–H groups in total. The average Bonchev–Trinajstić information content (AvgIpc) is 2.71. The summed E-state index contributed by atoms with van der Waals surface area (Å²) in [6, 6.07) is 4.94. The summed E-state index contributed by atoms with van der Waals surface area (Å²) in [7, 11) is 0. The normalized spacial score (nSPS) is 12.3. The molecule has 2 rings (SSSR count). The van der Waals surface area contributed by atoms with E-state index in [2.05, 4.69) is 46.6 Å². The lowest BCUT2D eigenvalue weighted by atomic mass is 9.89. The lowest BCUT2D eigenvalue weighted by Gasteiger charge is -2.23. The summed E-state index contributed by atoms with van der Waals surface area (Å²) >= 11 is 3.90. The Morgan fingerprint density at radius 2 is 1.21 bits per heavy atom. The molecule has 0 saturated carbocycles. The summed E-state index contributed by atoms with van der Waals surface area (Å²) in [6.45, 7) is 16.2. The van der Waals surface area contributed by atoms with Gasteiger partial charge in [0.25, 0.3) is 0 Å². The zero-order chi connectivity index (χ0) is 26.6. The van der Waals surface area contributed by atoms with E-state index in [9.17, 15) is 26.3 Å². The topological polar surface area (TPSA) is 12.0 Å². The van der Waals surface area contributed by atoms with E-state index < -0.39 is 28.0 Å². The lowest BCUT2D eigenvalue weighted by molar-refractivity contribution is -0.143. The number of hydrogen-bond acceptors (Lipinski definition) is 2. The zero-order valence-corrected chi connectivity index (χ0v) is 23.0. The van der Waals surface area contributed by atoms with Crippen molar-refractivity contribution in [1.82, 2.24) is 0 Å². The van der Waals surface area contributed by atoms with Crippen molar-refractivity contribution in [3.63, 3.8) is 0 Å². The number of halogens is 7. The van der Waals surface area contributed by atoms with E-state index in [1.807, 2.05) is 41.5 Å². The second-order valence-electron chi connectivity index (χ2n) is 8.58. The third-order valence-electron chi connectivity index (χ3n) is 5.05. The maximum absolute atomic E-state index is 13.4. The molecule has 0 atom stereocenters. The second kappa shape index (κ2) is 12.1. The van der Waals surface area contributed by atoms with Crippen LogP contribution < -0.4 is 4.72 Å². The summed E-state index contributed by atoms with van der Waals surface area (Å²) in [5.41, 5.74) is 0.113. The smallest absolute Gasteiger partial charge is 0.325 e. The Kier molecular flexibility index (Phi) is 10.9. The highest BCUT2D eigenvalue weighted by Crippen LogP contribution is 2.45. The van der Waals surface area contributed by atoms with Gasteiger partial charge in [0.05, 0.1) is 21.3 Å². The molecule has 0 saturated heterocycles. The fraction of sp³-hybridized carbons (Fsp3) is 0.520. The van der Waals surface area contributed by atoms with Crippen LogP contribution in [0, 0.1) is 0 Å². The first kappa shape index (κ1) is 30.7. The van der Waals surface area contributed by atoms with Crippen LogP contribution in [0.15, 0.2) is 33.6 Å². The first-order chi connectivity index (χ1) is 15.5. The van der Waals surface area contributed by atoms with Crippen LogP contribution in [0.3, 0.4) is 0 Å². The Morgan fingerprint density at radius 1 is 0.735 bits per heavy atom. The van der Waals surface area contributed by atoms with Crippen LogP contribution in [0.5, 0.6) is 0 Å². The van der Waals surface area contributed by atoms with Gasteiger partial charge in [0, 0.05) is 4.90 Å².